The highest BCUT2D eigenvalue weighted by Gasteiger charge is 2.34. The van der Waals surface area contributed by atoms with Crippen molar-refractivity contribution in [3.63, 3.8) is 0 Å². The molecule has 9 heteroatoms. The highest BCUT2D eigenvalue weighted by atomic mass is 32.2. The number of anilines is 1. The third-order valence-electron chi connectivity index (χ3n) is 5.24. The van der Waals surface area contributed by atoms with Gasteiger partial charge in [-0.05, 0) is 35.7 Å². The van der Waals surface area contributed by atoms with E-state index < -0.39 is 16.3 Å². The Bertz CT molecular complexity index is 1160. The second-order valence-corrected chi connectivity index (χ2v) is 8.64. The average molecular weight is 423 g/mol. The van der Waals surface area contributed by atoms with Crippen molar-refractivity contribution < 1.29 is 13.0 Å². The number of imidazole rings is 1. The minimum absolute atomic E-state index is 0.0132. The molecule has 2 heterocycles. The number of aromatic nitrogens is 2. The summed E-state index contributed by atoms with van der Waals surface area (Å²) in [5, 5.41) is 9.30. The van der Waals surface area contributed by atoms with E-state index >= 15 is 0 Å². The van der Waals surface area contributed by atoms with Crippen LogP contribution in [0.5, 0.6) is 0 Å². The van der Waals surface area contributed by atoms with Crippen molar-refractivity contribution in [1.82, 2.24) is 14.3 Å². The van der Waals surface area contributed by atoms with Gasteiger partial charge in [0.2, 0.25) is 0 Å². The number of rotatable bonds is 5. The van der Waals surface area contributed by atoms with E-state index in [1.807, 2.05) is 36.4 Å². The van der Waals surface area contributed by atoms with E-state index in [-0.39, 0.29) is 6.54 Å². The molecule has 4 rings (SSSR count). The van der Waals surface area contributed by atoms with Crippen LogP contribution in [-0.4, -0.2) is 39.8 Å². The molecule has 0 spiro atoms. The van der Waals surface area contributed by atoms with E-state index in [0.29, 0.717) is 30.6 Å². The molecule has 0 fully saturated rings. The topological polar surface area (TPSA) is 113 Å². The van der Waals surface area contributed by atoms with E-state index in [4.69, 9.17) is 0 Å². The molecule has 0 amide bonds. The van der Waals surface area contributed by atoms with Crippen LogP contribution in [0.3, 0.4) is 0 Å². The third kappa shape index (κ3) is 4.36. The van der Waals surface area contributed by atoms with Crippen LogP contribution in [0, 0.1) is 11.3 Å². The Morgan fingerprint density at radius 3 is 2.70 bits per heavy atom. The number of hydrogen-bond acceptors (Lipinski definition) is 5. The number of fused-ring (bicyclic) bond motifs is 1. The first-order chi connectivity index (χ1) is 14.4. The minimum Gasteiger partial charge on any atom is -0.364 e. The first kappa shape index (κ1) is 20.1. The summed E-state index contributed by atoms with van der Waals surface area (Å²) in [6, 6.07) is 16.4. The minimum atomic E-state index is -4.46. The van der Waals surface area contributed by atoms with Gasteiger partial charge in [0.25, 0.3) is 0 Å². The zero-order chi connectivity index (χ0) is 21.1. The maximum absolute atomic E-state index is 12.3. The number of H-pyrrole nitrogens is 1. The van der Waals surface area contributed by atoms with Gasteiger partial charge in [-0.25, -0.2) is 4.98 Å². The molecule has 154 valence electrons. The Hall–Kier alpha value is -3.19. The first-order valence-electron chi connectivity index (χ1n) is 9.47. The fraction of sp³-hybridized carbons (Fsp3) is 0.238. The van der Waals surface area contributed by atoms with Gasteiger partial charge in [-0.2, -0.15) is 18.0 Å². The van der Waals surface area contributed by atoms with Gasteiger partial charge in [-0.3, -0.25) is 4.55 Å². The predicted molar refractivity (Wildman–Crippen MR) is 112 cm³/mol. The SMILES string of the molecule is N#Cc1ccc2c(c1)CN(S(=O)(=O)O)C(Cc1ccccc1)CN2Cc1cnc[nH]1. The lowest BCUT2D eigenvalue weighted by Gasteiger charge is -2.30. The predicted octanol–water partition coefficient (Wildman–Crippen LogP) is 2.52. The summed E-state index contributed by atoms with van der Waals surface area (Å²) in [5.41, 5.74) is 3.78. The summed E-state index contributed by atoms with van der Waals surface area (Å²) in [7, 11) is -4.46. The third-order valence-corrected chi connectivity index (χ3v) is 6.26. The summed E-state index contributed by atoms with van der Waals surface area (Å²) in [5.74, 6) is 0. The van der Waals surface area contributed by atoms with Gasteiger partial charge in [0.15, 0.2) is 0 Å². The quantitative estimate of drug-likeness (QED) is 0.610. The number of nitrogens with one attached hydrogen (secondary N) is 1. The lowest BCUT2D eigenvalue weighted by Crippen LogP contribution is -2.45. The van der Waals surface area contributed by atoms with E-state index in [1.165, 1.54) is 0 Å². The molecular formula is C21H21N5O3S. The lowest BCUT2D eigenvalue weighted by molar-refractivity contribution is 0.283. The van der Waals surface area contributed by atoms with Crippen molar-refractivity contribution in [2.75, 3.05) is 11.4 Å². The molecule has 3 aromatic rings. The van der Waals surface area contributed by atoms with E-state index in [0.717, 1.165) is 21.2 Å². The van der Waals surface area contributed by atoms with Gasteiger partial charge in [-0.1, -0.05) is 30.3 Å². The van der Waals surface area contributed by atoms with Crippen LogP contribution in [0.4, 0.5) is 5.69 Å². The number of nitriles is 1. The van der Waals surface area contributed by atoms with Crippen LogP contribution in [0.2, 0.25) is 0 Å². The Labute approximate surface area is 175 Å². The van der Waals surface area contributed by atoms with Crippen molar-refractivity contribution in [3.8, 4) is 6.07 Å². The van der Waals surface area contributed by atoms with Crippen LogP contribution >= 0.6 is 0 Å². The summed E-state index contributed by atoms with van der Waals surface area (Å²) in [6.07, 6.45) is 3.76. The Balaban J connectivity index is 1.77. The molecule has 1 atom stereocenters. The molecule has 30 heavy (non-hydrogen) atoms. The standard InChI is InChI=1S/C21H21N5O3S/c22-10-17-6-7-21-18(8-17)12-26(30(27,28)29)20(9-16-4-2-1-3-5-16)14-25(21)13-19-11-23-15-24-19/h1-8,11,15,20H,9,12-14H2,(H,23,24)(H,27,28,29). The molecule has 0 saturated heterocycles. The number of aromatic amines is 1. The maximum atomic E-state index is 12.3. The summed E-state index contributed by atoms with van der Waals surface area (Å²) in [4.78, 5) is 9.20. The average Bonchev–Trinajstić information content (AvgIpc) is 3.18. The molecule has 1 aliphatic heterocycles. The van der Waals surface area contributed by atoms with E-state index in [1.54, 1.807) is 24.7 Å². The second kappa shape index (κ2) is 8.28. The Morgan fingerprint density at radius 2 is 2.03 bits per heavy atom. The maximum Gasteiger partial charge on any atom is 0.336 e. The van der Waals surface area contributed by atoms with Crippen molar-refractivity contribution in [2.24, 2.45) is 0 Å². The highest BCUT2D eigenvalue weighted by molar-refractivity contribution is 7.83. The molecule has 2 N–H and O–H groups in total. The van der Waals surface area contributed by atoms with E-state index in [2.05, 4.69) is 20.9 Å². The molecule has 1 aliphatic rings. The number of nitrogens with zero attached hydrogens (tertiary/aromatic N) is 4. The first-order valence-corrected chi connectivity index (χ1v) is 10.9. The molecule has 0 saturated carbocycles. The Kier molecular flexibility index (Phi) is 5.55. The van der Waals surface area contributed by atoms with Gasteiger partial charge in [0.05, 0.1) is 30.2 Å². The van der Waals surface area contributed by atoms with Crippen LogP contribution < -0.4 is 4.90 Å². The smallest absolute Gasteiger partial charge is 0.336 e. The monoisotopic (exact) mass is 423 g/mol. The molecular weight excluding hydrogens is 402 g/mol. The number of hydrogen-bond donors (Lipinski definition) is 2. The second-order valence-electron chi connectivity index (χ2n) is 7.28. The molecule has 0 radical (unpaired) electrons. The van der Waals surface area contributed by atoms with Gasteiger partial charge < -0.3 is 9.88 Å². The molecule has 2 aromatic carbocycles. The van der Waals surface area contributed by atoms with Crippen LogP contribution in [0.1, 0.15) is 22.4 Å². The molecule has 1 unspecified atom stereocenters. The summed E-state index contributed by atoms with van der Waals surface area (Å²) >= 11 is 0. The normalized spacial score (nSPS) is 17.2. The van der Waals surface area contributed by atoms with Gasteiger partial charge in [0.1, 0.15) is 0 Å². The molecule has 8 nitrogen and oxygen atoms in total. The highest BCUT2D eigenvalue weighted by Crippen LogP contribution is 2.31. The largest absolute Gasteiger partial charge is 0.364 e. The molecule has 0 bridgehead atoms. The fourth-order valence-corrected chi connectivity index (χ4v) is 4.70. The van der Waals surface area contributed by atoms with Crippen LogP contribution in [0.15, 0.2) is 61.1 Å². The van der Waals surface area contributed by atoms with Crippen molar-refractivity contribution in [3.05, 3.63) is 83.4 Å². The van der Waals surface area contributed by atoms with Crippen molar-refractivity contribution >= 4 is 16.0 Å². The van der Waals surface area contributed by atoms with Crippen molar-refractivity contribution in [1.29, 1.82) is 5.26 Å². The summed E-state index contributed by atoms with van der Waals surface area (Å²) < 4.78 is 35.7. The van der Waals surface area contributed by atoms with Crippen molar-refractivity contribution in [2.45, 2.75) is 25.6 Å². The van der Waals surface area contributed by atoms with Crippen LogP contribution in [-0.2, 0) is 29.8 Å². The van der Waals surface area contributed by atoms with Gasteiger partial charge >= 0.3 is 10.3 Å². The number of benzene rings is 2. The fourth-order valence-electron chi connectivity index (χ4n) is 3.88. The van der Waals surface area contributed by atoms with Gasteiger partial charge in [-0.15, -0.1) is 0 Å². The van der Waals surface area contributed by atoms with E-state index in [9.17, 15) is 18.2 Å². The molecule has 1 aromatic heterocycles. The zero-order valence-electron chi connectivity index (χ0n) is 16.1. The zero-order valence-corrected chi connectivity index (χ0v) is 17.0. The summed E-state index contributed by atoms with van der Waals surface area (Å²) in [6.45, 7) is 0.844. The Morgan fingerprint density at radius 1 is 1.23 bits per heavy atom. The molecule has 0 aliphatic carbocycles. The lowest BCUT2D eigenvalue weighted by atomic mass is 10.1. The van der Waals surface area contributed by atoms with Crippen LogP contribution in [0.25, 0.3) is 0 Å². The van der Waals surface area contributed by atoms with Gasteiger partial charge in [0, 0.05) is 31.0 Å².